The number of rotatable bonds is 5. The van der Waals surface area contributed by atoms with Crippen LogP contribution in [0.2, 0.25) is 0 Å². The number of nitrogens with zero attached hydrogens (tertiary/aromatic N) is 2. The summed E-state index contributed by atoms with van der Waals surface area (Å²) in [5.41, 5.74) is 0. The summed E-state index contributed by atoms with van der Waals surface area (Å²) in [6, 6.07) is 4.08. The van der Waals surface area contributed by atoms with Gasteiger partial charge in [-0.2, -0.15) is 0 Å². The zero-order valence-electron chi connectivity index (χ0n) is 9.85. The second kappa shape index (κ2) is 4.89. The third kappa shape index (κ3) is 2.59. The van der Waals surface area contributed by atoms with Gasteiger partial charge < -0.3 is 5.32 Å². The van der Waals surface area contributed by atoms with Crippen LogP contribution in [-0.4, -0.2) is 27.6 Å². The quantitative estimate of drug-likeness (QED) is 0.862. The molecule has 0 spiro atoms. The standard InChI is InChI=1S/C12H14N4OS/c17-12(13-6-5-9-2-1-7-18-9)11-14-10(15-16-11)8-3-4-8/h1-2,7-8H,3-6H2,(H,13,17)(H,14,15,16). The van der Waals surface area contributed by atoms with Gasteiger partial charge in [-0.3, -0.25) is 9.89 Å². The van der Waals surface area contributed by atoms with Crippen LogP contribution in [0.3, 0.4) is 0 Å². The number of thiophene rings is 1. The van der Waals surface area contributed by atoms with Gasteiger partial charge in [0.15, 0.2) is 0 Å². The molecule has 0 bridgehead atoms. The lowest BCUT2D eigenvalue weighted by Crippen LogP contribution is -2.26. The van der Waals surface area contributed by atoms with Crippen molar-refractivity contribution in [3.8, 4) is 0 Å². The fourth-order valence-electron chi connectivity index (χ4n) is 1.75. The molecule has 1 aliphatic rings. The lowest BCUT2D eigenvalue weighted by Gasteiger charge is -2.00. The van der Waals surface area contributed by atoms with Crippen molar-refractivity contribution >= 4 is 17.2 Å². The normalized spacial score (nSPS) is 14.7. The molecule has 1 amide bonds. The van der Waals surface area contributed by atoms with Gasteiger partial charge in [-0.05, 0) is 30.7 Å². The molecule has 1 saturated carbocycles. The smallest absolute Gasteiger partial charge is 0.290 e. The number of nitrogens with one attached hydrogen (secondary N) is 2. The van der Waals surface area contributed by atoms with Crippen LogP contribution in [-0.2, 0) is 6.42 Å². The van der Waals surface area contributed by atoms with E-state index in [1.54, 1.807) is 11.3 Å². The Bertz CT molecular complexity index is 530. The molecule has 5 nitrogen and oxygen atoms in total. The molecule has 0 saturated heterocycles. The van der Waals surface area contributed by atoms with E-state index in [4.69, 9.17) is 0 Å². The van der Waals surface area contributed by atoms with Gasteiger partial charge in [-0.15, -0.1) is 16.4 Å². The zero-order valence-corrected chi connectivity index (χ0v) is 10.7. The van der Waals surface area contributed by atoms with Crippen molar-refractivity contribution in [2.75, 3.05) is 6.54 Å². The highest BCUT2D eigenvalue weighted by atomic mass is 32.1. The molecule has 94 valence electrons. The molecule has 18 heavy (non-hydrogen) atoms. The fourth-order valence-corrected chi connectivity index (χ4v) is 2.46. The number of hydrogen-bond acceptors (Lipinski definition) is 4. The van der Waals surface area contributed by atoms with Gasteiger partial charge >= 0.3 is 0 Å². The second-order valence-corrected chi connectivity index (χ2v) is 5.44. The van der Waals surface area contributed by atoms with E-state index in [0.717, 1.165) is 25.1 Å². The molecule has 1 aliphatic carbocycles. The summed E-state index contributed by atoms with van der Waals surface area (Å²) in [5.74, 6) is 1.39. The summed E-state index contributed by atoms with van der Waals surface area (Å²) in [6.07, 6.45) is 3.15. The average molecular weight is 262 g/mol. The molecule has 0 atom stereocenters. The first-order chi connectivity index (χ1) is 8.83. The van der Waals surface area contributed by atoms with Crippen LogP contribution in [0.1, 0.15) is 40.1 Å². The molecule has 2 aromatic heterocycles. The Balaban J connectivity index is 1.50. The third-order valence-corrected chi connectivity index (χ3v) is 3.84. The first kappa shape index (κ1) is 11.4. The van der Waals surface area contributed by atoms with Crippen LogP contribution in [0.4, 0.5) is 0 Å². The van der Waals surface area contributed by atoms with Gasteiger partial charge in [0.05, 0.1) is 0 Å². The Labute approximate surface area is 109 Å². The lowest BCUT2D eigenvalue weighted by molar-refractivity contribution is 0.0944. The average Bonchev–Trinajstić information content (AvgIpc) is 2.92. The Morgan fingerprint density at radius 2 is 2.44 bits per heavy atom. The molecule has 6 heteroatoms. The summed E-state index contributed by atoms with van der Waals surface area (Å²) in [7, 11) is 0. The van der Waals surface area contributed by atoms with Crippen LogP contribution in [0.5, 0.6) is 0 Å². The van der Waals surface area contributed by atoms with Gasteiger partial charge in [0.2, 0.25) is 5.82 Å². The van der Waals surface area contributed by atoms with E-state index >= 15 is 0 Å². The predicted molar refractivity (Wildman–Crippen MR) is 68.7 cm³/mol. The SMILES string of the molecule is O=C(NCCc1cccs1)c1n[nH]c(C2CC2)n1. The maximum absolute atomic E-state index is 11.8. The predicted octanol–water partition coefficient (Wildman–Crippen LogP) is 1.72. The van der Waals surface area contributed by atoms with Crippen molar-refractivity contribution in [2.45, 2.75) is 25.2 Å². The van der Waals surface area contributed by atoms with Gasteiger partial charge in [0.1, 0.15) is 5.82 Å². The van der Waals surface area contributed by atoms with E-state index < -0.39 is 0 Å². The van der Waals surface area contributed by atoms with Gasteiger partial charge in [-0.25, -0.2) is 4.98 Å². The van der Waals surface area contributed by atoms with Gasteiger partial charge in [0.25, 0.3) is 5.91 Å². The topological polar surface area (TPSA) is 70.7 Å². The Morgan fingerprint density at radius 3 is 3.17 bits per heavy atom. The minimum absolute atomic E-state index is 0.199. The van der Waals surface area contributed by atoms with E-state index in [9.17, 15) is 4.79 Å². The summed E-state index contributed by atoms with van der Waals surface area (Å²) < 4.78 is 0. The highest BCUT2D eigenvalue weighted by molar-refractivity contribution is 7.09. The van der Waals surface area contributed by atoms with E-state index in [2.05, 4.69) is 26.6 Å². The minimum Gasteiger partial charge on any atom is -0.349 e. The Hall–Kier alpha value is -1.69. The fraction of sp³-hybridized carbons (Fsp3) is 0.417. The first-order valence-electron chi connectivity index (χ1n) is 6.06. The van der Waals surface area contributed by atoms with E-state index in [-0.39, 0.29) is 11.7 Å². The third-order valence-electron chi connectivity index (χ3n) is 2.91. The number of hydrogen-bond donors (Lipinski definition) is 2. The monoisotopic (exact) mass is 262 g/mol. The molecule has 3 rings (SSSR count). The zero-order chi connectivity index (χ0) is 12.4. The molecule has 2 aromatic rings. The maximum Gasteiger partial charge on any atom is 0.290 e. The Kier molecular flexibility index (Phi) is 3.10. The van der Waals surface area contributed by atoms with Crippen molar-refractivity contribution in [3.63, 3.8) is 0 Å². The summed E-state index contributed by atoms with van der Waals surface area (Å²) in [5, 5.41) is 11.6. The number of aromatic nitrogens is 3. The van der Waals surface area contributed by atoms with Gasteiger partial charge in [-0.1, -0.05) is 6.07 Å². The number of carbonyl (C=O) groups is 1. The molecule has 0 radical (unpaired) electrons. The molecule has 1 fully saturated rings. The number of amides is 1. The van der Waals surface area contributed by atoms with Crippen LogP contribution >= 0.6 is 11.3 Å². The largest absolute Gasteiger partial charge is 0.349 e. The first-order valence-corrected chi connectivity index (χ1v) is 6.94. The number of H-pyrrole nitrogens is 1. The molecule has 0 aromatic carbocycles. The van der Waals surface area contributed by atoms with Crippen molar-refractivity contribution in [1.29, 1.82) is 0 Å². The van der Waals surface area contributed by atoms with Crippen LogP contribution in [0, 0.1) is 0 Å². The van der Waals surface area contributed by atoms with E-state index in [1.165, 1.54) is 4.88 Å². The van der Waals surface area contributed by atoms with Crippen LogP contribution in [0.15, 0.2) is 17.5 Å². The number of carbonyl (C=O) groups excluding carboxylic acids is 1. The Morgan fingerprint density at radius 1 is 1.56 bits per heavy atom. The van der Waals surface area contributed by atoms with Gasteiger partial charge in [0, 0.05) is 17.3 Å². The van der Waals surface area contributed by atoms with Crippen LogP contribution in [0.25, 0.3) is 0 Å². The molecule has 0 unspecified atom stereocenters. The van der Waals surface area contributed by atoms with Crippen molar-refractivity contribution < 1.29 is 4.79 Å². The van der Waals surface area contributed by atoms with Crippen LogP contribution < -0.4 is 5.32 Å². The van der Waals surface area contributed by atoms with E-state index in [0.29, 0.717) is 12.5 Å². The summed E-state index contributed by atoms with van der Waals surface area (Å²) >= 11 is 1.70. The molecule has 2 heterocycles. The van der Waals surface area contributed by atoms with Crippen molar-refractivity contribution in [1.82, 2.24) is 20.5 Å². The number of aromatic amines is 1. The maximum atomic E-state index is 11.8. The minimum atomic E-state index is -0.199. The lowest BCUT2D eigenvalue weighted by atomic mass is 10.3. The molecule has 0 aliphatic heterocycles. The second-order valence-electron chi connectivity index (χ2n) is 4.40. The summed E-state index contributed by atoms with van der Waals surface area (Å²) in [4.78, 5) is 17.3. The summed E-state index contributed by atoms with van der Waals surface area (Å²) in [6.45, 7) is 0.618. The van der Waals surface area contributed by atoms with E-state index in [1.807, 2.05) is 11.4 Å². The molecular formula is C12H14N4OS. The van der Waals surface area contributed by atoms with Crippen molar-refractivity contribution in [3.05, 3.63) is 34.0 Å². The highest BCUT2D eigenvalue weighted by Crippen LogP contribution is 2.37. The highest BCUT2D eigenvalue weighted by Gasteiger charge is 2.28. The molecule has 2 N–H and O–H groups in total. The molecular weight excluding hydrogens is 248 g/mol. The van der Waals surface area contributed by atoms with Crippen molar-refractivity contribution in [2.24, 2.45) is 0 Å².